The van der Waals surface area contributed by atoms with E-state index in [1.54, 1.807) is 11.3 Å². The van der Waals surface area contributed by atoms with Crippen molar-refractivity contribution in [1.82, 2.24) is 10.2 Å². The number of amidine groups is 1. The zero-order valence-electron chi connectivity index (χ0n) is 14.0. The summed E-state index contributed by atoms with van der Waals surface area (Å²) < 4.78 is 0. The first-order valence-corrected chi connectivity index (χ1v) is 9.24. The van der Waals surface area contributed by atoms with Crippen molar-refractivity contribution in [2.24, 2.45) is 4.99 Å². The highest BCUT2D eigenvalue weighted by Crippen LogP contribution is 2.37. The number of fused-ring (bicyclic) bond motifs is 1. The summed E-state index contributed by atoms with van der Waals surface area (Å²) in [7, 11) is 0. The van der Waals surface area contributed by atoms with E-state index >= 15 is 0 Å². The van der Waals surface area contributed by atoms with Gasteiger partial charge >= 0.3 is 0 Å². The molecule has 0 unspecified atom stereocenters. The van der Waals surface area contributed by atoms with E-state index < -0.39 is 0 Å². The number of benzene rings is 1. The second-order valence-corrected chi connectivity index (χ2v) is 7.59. The highest BCUT2D eigenvalue weighted by molar-refractivity contribution is 7.10. The summed E-state index contributed by atoms with van der Waals surface area (Å²) in [6.45, 7) is 3.86. The van der Waals surface area contributed by atoms with Gasteiger partial charge in [0.1, 0.15) is 5.84 Å². The number of nitrogens with one attached hydrogen (secondary N) is 2. The molecule has 0 radical (unpaired) electrons. The average Bonchev–Trinajstić information content (AvgIpc) is 3.13. The van der Waals surface area contributed by atoms with Gasteiger partial charge in [-0.3, -0.25) is 10.4 Å². The summed E-state index contributed by atoms with van der Waals surface area (Å²) in [5, 5.41) is 22.9. The fourth-order valence-corrected chi connectivity index (χ4v) is 4.46. The van der Waals surface area contributed by atoms with Gasteiger partial charge in [-0.15, -0.1) is 11.3 Å². The van der Waals surface area contributed by atoms with Crippen LogP contribution in [0.4, 0.5) is 0 Å². The molecular weight excluding hydrogens is 330 g/mol. The number of rotatable bonds is 2. The Bertz CT molecular complexity index is 907. The quantitative estimate of drug-likeness (QED) is 0.871. The molecule has 1 fully saturated rings. The van der Waals surface area contributed by atoms with Gasteiger partial charge in [0.25, 0.3) is 0 Å². The van der Waals surface area contributed by atoms with Crippen molar-refractivity contribution in [1.29, 1.82) is 10.7 Å². The first-order valence-electron chi connectivity index (χ1n) is 8.36. The number of thiophene rings is 1. The molecule has 6 heteroatoms. The van der Waals surface area contributed by atoms with Gasteiger partial charge < -0.3 is 10.2 Å². The third-order valence-corrected chi connectivity index (χ3v) is 5.98. The normalized spacial score (nSPS) is 22.6. The Kier molecular flexibility index (Phi) is 3.81. The molecule has 0 saturated carbocycles. The van der Waals surface area contributed by atoms with E-state index in [9.17, 15) is 0 Å². The molecule has 1 aromatic heterocycles. The standard InChI is InChI=1S/C19H19N5S/c1-19(10-17-22-6-3-7-24(17)18(21)23-19)16-9-15(12-25-16)14-5-2-4-13(8-14)11-20/h2,4-5,8-9,12H,3,6-7,10H2,1H3,(H2,21,23)/t19-/m0/s1. The van der Waals surface area contributed by atoms with Gasteiger partial charge in [0.2, 0.25) is 0 Å². The Hall–Kier alpha value is -2.65. The van der Waals surface area contributed by atoms with Crippen LogP contribution in [0.25, 0.3) is 11.1 Å². The van der Waals surface area contributed by atoms with Crippen LogP contribution in [-0.2, 0) is 5.54 Å². The Balaban J connectivity index is 1.66. The Morgan fingerprint density at radius 2 is 2.24 bits per heavy atom. The summed E-state index contributed by atoms with van der Waals surface area (Å²) in [5.74, 6) is 1.45. The van der Waals surface area contributed by atoms with Crippen molar-refractivity contribution < 1.29 is 0 Å². The molecule has 0 spiro atoms. The minimum Gasteiger partial charge on any atom is -0.346 e. The zero-order chi connectivity index (χ0) is 17.4. The molecule has 0 aliphatic carbocycles. The second kappa shape index (κ2) is 6.01. The molecule has 126 valence electrons. The summed E-state index contributed by atoms with van der Waals surface area (Å²) in [6.07, 6.45) is 1.79. The van der Waals surface area contributed by atoms with Crippen LogP contribution in [0.15, 0.2) is 40.7 Å². The van der Waals surface area contributed by atoms with E-state index in [4.69, 9.17) is 10.7 Å². The van der Waals surface area contributed by atoms with Gasteiger partial charge in [0.15, 0.2) is 5.96 Å². The summed E-state index contributed by atoms with van der Waals surface area (Å²) in [6, 6.07) is 12.0. The third-order valence-electron chi connectivity index (χ3n) is 4.79. The van der Waals surface area contributed by atoms with Crippen LogP contribution in [0.1, 0.15) is 30.2 Å². The van der Waals surface area contributed by atoms with Crippen molar-refractivity contribution in [2.45, 2.75) is 25.3 Å². The monoisotopic (exact) mass is 349 g/mol. The molecule has 2 aliphatic rings. The minimum atomic E-state index is -0.320. The highest BCUT2D eigenvalue weighted by atomic mass is 32.1. The van der Waals surface area contributed by atoms with Crippen LogP contribution >= 0.6 is 11.3 Å². The summed E-state index contributed by atoms with van der Waals surface area (Å²) in [4.78, 5) is 7.81. The van der Waals surface area contributed by atoms with E-state index in [1.165, 1.54) is 4.88 Å². The van der Waals surface area contributed by atoms with Crippen LogP contribution in [0.5, 0.6) is 0 Å². The molecule has 1 saturated heterocycles. The fraction of sp³-hybridized carbons (Fsp3) is 0.316. The fourth-order valence-electron chi connectivity index (χ4n) is 3.43. The first kappa shape index (κ1) is 15.9. The van der Waals surface area contributed by atoms with E-state index in [-0.39, 0.29) is 5.54 Å². The number of guanidine groups is 1. The van der Waals surface area contributed by atoms with Crippen LogP contribution in [0, 0.1) is 16.7 Å². The number of nitriles is 1. The maximum atomic E-state index is 9.10. The second-order valence-electron chi connectivity index (χ2n) is 6.68. The molecule has 5 nitrogen and oxygen atoms in total. The maximum Gasteiger partial charge on any atom is 0.197 e. The number of nitrogens with zero attached hydrogens (tertiary/aromatic N) is 3. The third kappa shape index (κ3) is 2.81. The van der Waals surface area contributed by atoms with Crippen LogP contribution in [-0.4, -0.2) is 29.8 Å². The van der Waals surface area contributed by atoms with Gasteiger partial charge in [-0.1, -0.05) is 12.1 Å². The van der Waals surface area contributed by atoms with Crippen molar-refractivity contribution in [2.75, 3.05) is 13.1 Å². The van der Waals surface area contributed by atoms with Crippen molar-refractivity contribution in [3.05, 3.63) is 46.2 Å². The predicted octanol–water partition coefficient (Wildman–Crippen LogP) is 3.53. The van der Waals surface area contributed by atoms with Gasteiger partial charge in [0, 0.05) is 24.4 Å². The molecular formula is C19H19N5S. The van der Waals surface area contributed by atoms with Crippen LogP contribution in [0.2, 0.25) is 0 Å². The van der Waals surface area contributed by atoms with Crippen molar-refractivity contribution in [3.8, 4) is 17.2 Å². The number of hydrogen-bond acceptors (Lipinski definition) is 4. The van der Waals surface area contributed by atoms with Crippen molar-refractivity contribution >= 4 is 23.1 Å². The Labute approximate surface area is 151 Å². The van der Waals surface area contributed by atoms with E-state index in [2.05, 4.69) is 34.7 Å². The number of aliphatic imine (C=N–C) groups is 1. The lowest BCUT2D eigenvalue weighted by atomic mass is 9.91. The van der Waals surface area contributed by atoms with E-state index in [0.29, 0.717) is 11.5 Å². The molecule has 3 heterocycles. The molecule has 2 aromatic rings. The molecule has 0 amide bonds. The van der Waals surface area contributed by atoms with Gasteiger partial charge in [-0.2, -0.15) is 5.26 Å². The molecule has 1 aromatic carbocycles. The lowest BCUT2D eigenvalue weighted by Crippen LogP contribution is -2.60. The van der Waals surface area contributed by atoms with Crippen LogP contribution in [0.3, 0.4) is 0 Å². The summed E-state index contributed by atoms with van der Waals surface area (Å²) >= 11 is 1.69. The molecule has 0 bridgehead atoms. The Morgan fingerprint density at radius 1 is 1.36 bits per heavy atom. The topological polar surface area (TPSA) is 75.3 Å². The minimum absolute atomic E-state index is 0.320. The van der Waals surface area contributed by atoms with Gasteiger partial charge in [0.05, 0.1) is 17.2 Å². The van der Waals surface area contributed by atoms with Crippen LogP contribution < -0.4 is 5.32 Å². The molecule has 4 rings (SSSR count). The molecule has 2 aliphatic heterocycles. The zero-order valence-corrected chi connectivity index (χ0v) is 14.9. The molecule has 2 N–H and O–H groups in total. The summed E-state index contributed by atoms with van der Waals surface area (Å²) in [5.41, 5.74) is 2.51. The highest BCUT2D eigenvalue weighted by Gasteiger charge is 2.39. The molecule has 1 atom stereocenters. The average molecular weight is 349 g/mol. The van der Waals surface area contributed by atoms with E-state index in [0.717, 1.165) is 42.9 Å². The number of hydrogen-bond donors (Lipinski definition) is 2. The lowest BCUT2D eigenvalue weighted by molar-refractivity contribution is 0.368. The SMILES string of the molecule is C[C@@]1(c2cc(-c3cccc(C#N)c3)cs2)CC2=NCCCN2C(=N)N1. The maximum absolute atomic E-state index is 9.10. The Morgan fingerprint density at radius 3 is 3.08 bits per heavy atom. The van der Waals surface area contributed by atoms with Gasteiger partial charge in [-0.05, 0) is 48.1 Å². The molecule has 25 heavy (non-hydrogen) atoms. The smallest absolute Gasteiger partial charge is 0.197 e. The predicted molar refractivity (Wildman–Crippen MR) is 101 cm³/mol. The first-order chi connectivity index (χ1) is 12.1. The van der Waals surface area contributed by atoms with Crippen molar-refractivity contribution in [3.63, 3.8) is 0 Å². The van der Waals surface area contributed by atoms with Gasteiger partial charge in [-0.25, -0.2) is 0 Å². The largest absolute Gasteiger partial charge is 0.346 e. The van der Waals surface area contributed by atoms with E-state index in [1.807, 2.05) is 29.2 Å². The lowest BCUT2D eigenvalue weighted by Gasteiger charge is -2.43.